The number of amides is 1. The Morgan fingerprint density at radius 1 is 1.03 bits per heavy atom. The Morgan fingerprint density at radius 3 is 2.34 bits per heavy atom. The lowest BCUT2D eigenvalue weighted by Gasteiger charge is -2.04. The van der Waals surface area contributed by atoms with Crippen LogP contribution in [0.15, 0.2) is 57.8 Å². The molecule has 0 spiro atoms. The van der Waals surface area contributed by atoms with E-state index in [1.54, 1.807) is 43.3 Å². The summed E-state index contributed by atoms with van der Waals surface area (Å²) in [6, 6.07) is 13.4. The van der Waals surface area contributed by atoms with Crippen molar-refractivity contribution in [3.63, 3.8) is 0 Å². The van der Waals surface area contributed by atoms with Gasteiger partial charge in [0.05, 0.1) is 23.7 Å². The van der Waals surface area contributed by atoms with Crippen molar-refractivity contribution in [2.24, 2.45) is 0 Å². The summed E-state index contributed by atoms with van der Waals surface area (Å²) in [6.45, 7) is 4.07. The zero-order valence-electron chi connectivity index (χ0n) is 16.1. The van der Waals surface area contributed by atoms with E-state index in [4.69, 9.17) is 9.15 Å². The number of ether oxygens (including phenoxy) is 1. The van der Waals surface area contributed by atoms with Gasteiger partial charge in [-0.15, -0.1) is 5.10 Å². The first-order chi connectivity index (χ1) is 13.9. The highest BCUT2D eigenvalue weighted by Crippen LogP contribution is 2.23. The van der Waals surface area contributed by atoms with Crippen LogP contribution in [0.5, 0.6) is 5.75 Å². The van der Waals surface area contributed by atoms with Gasteiger partial charge in [0.15, 0.2) is 9.84 Å². The van der Waals surface area contributed by atoms with E-state index in [-0.39, 0.29) is 34.9 Å². The highest BCUT2D eigenvalue weighted by Gasteiger charge is 2.14. The fraction of sp³-hybridized carbons (Fsp3) is 0.250. The van der Waals surface area contributed by atoms with E-state index in [0.29, 0.717) is 17.7 Å². The van der Waals surface area contributed by atoms with Gasteiger partial charge in [0.2, 0.25) is 11.8 Å². The second kappa shape index (κ2) is 8.87. The number of rotatable bonds is 8. The Labute approximate surface area is 168 Å². The summed E-state index contributed by atoms with van der Waals surface area (Å²) in [7, 11) is -3.26. The Bertz CT molecular complexity index is 1070. The van der Waals surface area contributed by atoms with Gasteiger partial charge in [-0.1, -0.05) is 24.2 Å². The van der Waals surface area contributed by atoms with Gasteiger partial charge in [0.25, 0.3) is 0 Å². The van der Waals surface area contributed by atoms with Crippen LogP contribution < -0.4 is 10.1 Å². The lowest BCUT2D eigenvalue weighted by atomic mass is 10.1. The van der Waals surface area contributed by atoms with Crippen LogP contribution in [0.25, 0.3) is 11.5 Å². The highest BCUT2D eigenvalue weighted by atomic mass is 32.2. The number of benzene rings is 2. The number of nitrogens with one attached hydrogen (secondary N) is 1. The topological polar surface area (TPSA) is 111 Å². The summed E-state index contributed by atoms with van der Waals surface area (Å²) in [5.41, 5.74) is 1.37. The normalized spacial score (nSPS) is 11.2. The molecular weight excluding hydrogens is 394 g/mol. The predicted octanol–water partition coefficient (Wildman–Crippen LogP) is 3.11. The number of nitrogens with zero attached hydrogens (tertiary/aromatic N) is 2. The van der Waals surface area contributed by atoms with Gasteiger partial charge < -0.3 is 9.15 Å². The van der Waals surface area contributed by atoms with Gasteiger partial charge in [0, 0.05) is 5.56 Å². The van der Waals surface area contributed by atoms with Crippen LogP contribution in [0.3, 0.4) is 0 Å². The number of hydrogen-bond donors (Lipinski definition) is 1. The summed E-state index contributed by atoms with van der Waals surface area (Å²) in [6.07, 6.45) is 0.0488. The van der Waals surface area contributed by atoms with Gasteiger partial charge >= 0.3 is 6.01 Å². The zero-order chi connectivity index (χ0) is 20.9. The highest BCUT2D eigenvalue weighted by molar-refractivity contribution is 7.91. The molecule has 1 amide bonds. The molecule has 0 fully saturated rings. The fourth-order valence-corrected chi connectivity index (χ4v) is 3.47. The molecule has 1 aromatic heterocycles. The van der Waals surface area contributed by atoms with Crippen molar-refractivity contribution in [3.8, 4) is 17.2 Å². The molecule has 0 atom stereocenters. The van der Waals surface area contributed by atoms with Crippen molar-refractivity contribution in [1.29, 1.82) is 0 Å². The van der Waals surface area contributed by atoms with E-state index in [9.17, 15) is 13.2 Å². The van der Waals surface area contributed by atoms with E-state index < -0.39 is 9.84 Å². The van der Waals surface area contributed by atoms with Gasteiger partial charge in [-0.05, 0) is 48.9 Å². The standard InChI is InChI=1S/C20H21N3O5S/c1-3-27-16-9-7-15(8-10-16)19-22-23-20(28-19)21-18(24)13-14-5-11-17(12-6-14)29(25,26)4-2/h5-12H,3-4,13H2,1-2H3,(H,21,23,24). The van der Waals surface area contributed by atoms with Crippen molar-refractivity contribution in [2.75, 3.05) is 17.7 Å². The SMILES string of the molecule is CCOc1ccc(-c2nnc(NC(=O)Cc3ccc(S(=O)(=O)CC)cc3)o2)cc1. The van der Waals surface area contributed by atoms with Gasteiger partial charge in [-0.2, -0.15) is 0 Å². The van der Waals surface area contributed by atoms with Crippen LogP contribution in [0.4, 0.5) is 6.01 Å². The molecule has 1 heterocycles. The Balaban J connectivity index is 1.61. The number of carbonyl (C=O) groups is 1. The minimum absolute atomic E-state index is 0.0101. The Hall–Kier alpha value is -3.20. The largest absolute Gasteiger partial charge is 0.494 e. The number of sulfone groups is 1. The van der Waals surface area contributed by atoms with E-state index in [0.717, 1.165) is 5.75 Å². The molecule has 0 unspecified atom stereocenters. The first-order valence-corrected chi connectivity index (χ1v) is 10.7. The monoisotopic (exact) mass is 415 g/mol. The second-order valence-corrected chi connectivity index (χ2v) is 8.42. The summed E-state index contributed by atoms with van der Waals surface area (Å²) < 4.78 is 34.5. The van der Waals surface area contributed by atoms with Gasteiger partial charge in [-0.3, -0.25) is 10.1 Å². The maximum Gasteiger partial charge on any atom is 0.322 e. The Kier molecular flexibility index (Phi) is 6.28. The first kappa shape index (κ1) is 20.5. The average Bonchev–Trinajstić information content (AvgIpc) is 3.17. The lowest BCUT2D eigenvalue weighted by molar-refractivity contribution is -0.115. The molecule has 0 saturated heterocycles. The fourth-order valence-electron chi connectivity index (χ4n) is 2.58. The smallest absolute Gasteiger partial charge is 0.322 e. The quantitative estimate of drug-likeness (QED) is 0.602. The molecule has 152 valence electrons. The van der Waals surface area contributed by atoms with Gasteiger partial charge in [-0.25, -0.2) is 8.42 Å². The molecule has 9 heteroatoms. The molecule has 29 heavy (non-hydrogen) atoms. The van der Waals surface area contributed by atoms with Crippen molar-refractivity contribution < 1.29 is 22.4 Å². The van der Waals surface area contributed by atoms with E-state index in [1.807, 2.05) is 6.92 Å². The van der Waals surface area contributed by atoms with Crippen LogP contribution in [0.2, 0.25) is 0 Å². The number of aromatic nitrogens is 2. The number of hydrogen-bond acceptors (Lipinski definition) is 7. The molecule has 8 nitrogen and oxygen atoms in total. The third kappa shape index (κ3) is 5.20. The minimum atomic E-state index is -3.26. The number of anilines is 1. The average molecular weight is 415 g/mol. The van der Waals surface area contributed by atoms with Crippen LogP contribution in [-0.2, 0) is 21.1 Å². The van der Waals surface area contributed by atoms with Crippen molar-refractivity contribution in [3.05, 3.63) is 54.1 Å². The summed E-state index contributed by atoms with van der Waals surface area (Å²) >= 11 is 0. The maximum absolute atomic E-state index is 12.2. The first-order valence-electron chi connectivity index (χ1n) is 9.09. The zero-order valence-corrected chi connectivity index (χ0v) is 16.9. The summed E-state index contributed by atoms with van der Waals surface area (Å²) in [5, 5.41) is 10.3. The lowest BCUT2D eigenvalue weighted by Crippen LogP contribution is -2.14. The van der Waals surface area contributed by atoms with Crippen LogP contribution in [0.1, 0.15) is 19.4 Å². The van der Waals surface area contributed by atoms with Crippen molar-refractivity contribution in [1.82, 2.24) is 10.2 Å². The van der Waals surface area contributed by atoms with E-state index in [1.165, 1.54) is 12.1 Å². The predicted molar refractivity (Wildman–Crippen MR) is 107 cm³/mol. The summed E-state index contributed by atoms with van der Waals surface area (Å²) in [5.74, 6) is 0.693. The third-order valence-corrected chi connectivity index (χ3v) is 5.86. The van der Waals surface area contributed by atoms with Crippen molar-refractivity contribution >= 4 is 21.8 Å². The van der Waals surface area contributed by atoms with Crippen LogP contribution in [0, 0.1) is 0 Å². The Morgan fingerprint density at radius 2 is 1.72 bits per heavy atom. The maximum atomic E-state index is 12.2. The summed E-state index contributed by atoms with van der Waals surface area (Å²) in [4.78, 5) is 12.4. The molecule has 0 aliphatic heterocycles. The van der Waals surface area contributed by atoms with Crippen LogP contribution >= 0.6 is 0 Å². The molecule has 0 aliphatic carbocycles. The number of carbonyl (C=O) groups excluding carboxylic acids is 1. The minimum Gasteiger partial charge on any atom is -0.494 e. The molecule has 2 aromatic carbocycles. The molecular formula is C20H21N3O5S. The van der Waals surface area contributed by atoms with Crippen LogP contribution in [-0.4, -0.2) is 36.9 Å². The molecule has 0 saturated carbocycles. The van der Waals surface area contributed by atoms with E-state index in [2.05, 4.69) is 15.5 Å². The van der Waals surface area contributed by atoms with E-state index >= 15 is 0 Å². The third-order valence-electron chi connectivity index (χ3n) is 4.11. The molecule has 3 rings (SSSR count). The molecule has 0 bridgehead atoms. The molecule has 0 aliphatic rings. The van der Waals surface area contributed by atoms with Gasteiger partial charge in [0.1, 0.15) is 5.75 Å². The molecule has 0 radical (unpaired) electrons. The molecule has 1 N–H and O–H groups in total. The molecule has 3 aromatic rings. The second-order valence-electron chi connectivity index (χ2n) is 6.14. The van der Waals surface area contributed by atoms with Crippen molar-refractivity contribution in [2.45, 2.75) is 25.2 Å².